The van der Waals surface area contributed by atoms with Crippen LogP contribution in [0, 0.1) is 5.82 Å². The Bertz CT molecular complexity index is 322. The van der Waals surface area contributed by atoms with Crippen molar-refractivity contribution in [2.45, 2.75) is 24.8 Å². The van der Waals surface area contributed by atoms with Gasteiger partial charge in [-0.25, -0.2) is 4.39 Å². The average Bonchev–Trinajstić information content (AvgIpc) is 2.22. The highest BCUT2D eigenvalue weighted by atomic mass is 35.5. The first kappa shape index (κ1) is 13.4. The zero-order valence-electron chi connectivity index (χ0n) is 9.12. The normalized spacial score (nSPS) is 18.9. The van der Waals surface area contributed by atoms with E-state index in [2.05, 4.69) is 0 Å². The molecule has 2 nitrogen and oxygen atoms in total. The summed E-state index contributed by atoms with van der Waals surface area (Å²) in [5, 5.41) is 0. The smallest absolute Gasteiger partial charge is 0.123 e. The summed E-state index contributed by atoms with van der Waals surface area (Å²) in [7, 11) is 0. The average molecular weight is 246 g/mol. The van der Waals surface area contributed by atoms with Crippen LogP contribution in [0.3, 0.4) is 0 Å². The van der Waals surface area contributed by atoms with Crippen molar-refractivity contribution in [1.82, 2.24) is 0 Å². The van der Waals surface area contributed by atoms with E-state index in [0.29, 0.717) is 0 Å². The monoisotopic (exact) mass is 245 g/mol. The largest absolute Gasteiger partial charge is 0.381 e. The van der Waals surface area contributed by atoms with Crippen LogP contribution >= 0.6 is 12.4 Å². The molecule has 0 aliphatic carbocycles. The second kappa shape index (κ2) is 5.62. The maximum Gasteiger partial charge on any atom is 0.123 e. The summed E-state index contributed by atoms with van der Waals surface area (Å²) >= 11 is 0. The van der Waals surface area contributed by atoms with E-state index >= 15 is 0 Å². The first-order valence-corrected chi connectivity index (χ1v) is 5.29. The molecule has 0 unspecified atom stereocenters. The van der Waals surface area contributed by atoms with Crippen LogP contribution in [0.15, 0.2) is 24.3 Å². The SMILES string of the molecule is Cl.NC1(Cc2ccc(F)cc2)CCOCC1. The van der Waals surface area contributed by atoms with Crippen LogP contribution in [0.5, 0.6) is 0 Å². The molecular formula is C12H17ClFNO. The number of benzene rings is 1. The van der Waals surface area contributed by atoms with E-state index in [1.165, 1.54) is 12.1 Å². The summed E-state index contributed by atoms with van der Waals surface area (Å²) in [5.74, 6) is -0.197. The van der Waals surface area contributed by atoms with E-state index in [0.717, 1.165) is 38.0 Å². The Labute approximate surface area is 101 Å². The van der Waals surface area contributed by atoms with Gasteiger partial charge >= 0.3 is 0 Å². The molecule has 0 atom stereocenters. The minimum Gasteiger partial charge on any atom is -0.381 e. The molecule has 1 fully saturated rings. The number of ether oxygens (including phenoxy) is 1. The van der Waals surface area contributed by atoms with Crippen molar-refractivity contribution in [3.63, 3.8) is 0 Å². The van der Waals surface area contributed by atoms with Crippen molar-refractivity contribution in [2.75, 3.05) is 13.2 Å². The van der Waals surface area contributed by atoms with Gasteiger partial charge in [-0.1, -0.05) is 12.1 Å². The predicted octanol–water partition coefficient (Wildman–Crippen LogP) is 2.30. The van der Waals surface area contributed by atoms with Gasteiger partial charge in [0.25, 0.3) is 0 Å². The van der Waals surface area contributed by atoms with Crippen LogP contribution in [-0.2, 0) is 11.2 Å². The molecule has 0 bridgehead atoms. The lowest BCUT2D eigenvalue weighted by molar-refractivity contribution is 0.0533. The van der Waals surface area contributed by atoms with Gasteiger partial charge in [0.15, 0.2) is 0 Å². The first-order chi connectivity index (χ1) is 7.18. The van der Waals surface area contributed by atoms with Gasteiger partial charge < -0.3 is 10.5 Å². The van der Waals surface area contributed by atoms with Crippen molar-refractivity contribution >= 4 is 12.4 Å². The number of nitrogens with two attached hydrogens (primary N) is 1. The quantitative estimate of drug-likeness (QED) is 0.868. The lowest BCUT2D eigenvalue weighted by atomic mass is 9.85. The number of rotatable bonds is 2. The number of hydrogen-bond donors (Lipinski definition) is 1. The maximum atomic E-state index is 12.7. The number of halogens is 2. The summed E-state index contributed by atoms with van der Waals surface area (Å²) in [5.41, 5.74) is 7.18. The summed E-state index contributed by atoms with van der Waals surface area (Å²) < 4.78 is 18.0. The number of hydrogen-bond acceptors (Lipinski definition) is 2. The van der Waals surface area contributed by atoms with Gasteiger partial charge in [0.05, 0.1) is 0 Å². The van der Waals surface area contributed by atoms with Gasteiger partial charge in [0.2, 0.25) is 0 Å². The van der Waals surface area contributed by atoms with Crippen LogP contribution in [-0.4, -0.2) is 18.8 Å². The fourth-order valence-electron chi connectivity index (χ4n) is 1.96. The Morgan fingerprint density at radius 1 is 1.19 bits per heavy atom. The summed E-state index contributed by atoms with van der Waals surface area (Å²) in [6.07, 6.45) is 2.56. The molecule has 0 saturated carbocycles. The summed E-state index contributed by atoms with van der Waals surface area (Å²) in [4.78, 5) is 0. The Morgan fingerprint density at radius 3 is 2.31 bits per heavy atom. The molecule has 1 aliphatic rings. The van der Waals surface area contributed by atoms with E-state index in [9.17, 15) is 4.39 Å². The maximum absolute atomic E-state index is 12.7. The lowest BCUT2D eigenvalue weighted by Gasteiger charge is -2.33. The molecule has 4 heteroatoms. The third kappa shape index (κ3) is 3.44. The molecule has 0 radical (unpaired) electrons. The zero-order valence-corrected chi connectivity index (χ0v) is 9.93. The van der Waals surface area contributed by atoms with Crippen molar-refractivity contribution in [2.24, 2.45) is 5.73 Å². The van der Waals surface area contributed by atoms with E-state index in [1.807, 2.05) is 0 Å². The standard InChI is InChI=1S/C12H16FNO.ClH/c13-11-3-1-10(2-4-11)9-12(14)5-7-15-8-6-12;/h1-4H,5-9,14H2;1H. The van der Waals surface area contributed by atoms with E-state index < -0.39 is 0 Å². The predicted molar refractivity (Wildman–Crippen MR) is 64.3 cm³/mol. The van der Waals surface area contributed by atoms with Crippen LogP contribution in [0.25, 0.3) is 0 Å². The molecule has 1 aromatic rings. The van der Waals surface area contributed by atoms with Crippen molar-refractivity contribution in [3.8, 4) is 0 Å². The molecular weight excluding hydrogens is 229 g/mol. The van der Waals surface area contributed by atoms with Gasteiger partial charge in [-0.05, 0) is 37.0 Å². The summed E-state index contributed by atoms with van der Waals surface area (Å²) in [6, 6.07) is 6.58. The highest BCUT2D eigenvalue weighted by Gasteiger charge is 2.27. The van der Waals surface area contributed by atoms with Gasteiger partial charge in [0, 0.05) is 18.8 Å². The zero-order chi connectivity index (χ0) is 10.7. The van der Waals surface area contributed by atoms with Crippen molar-refractivity contribution < 1.29 is 9.13 Å². The molecule has 1 aliphatic heterocycles. The van der Waals surface area contributed by atoms with Gasteiger partial charge in [-0.15, -0.1) is 12.4 Å². The van der Waals surface area contributed by atoms with Gasteiger partial charge in [0.1, 0.15) is 5.82 Å². The third-order valence-electron chi connectivity index (χ3n) is 2.96. The van der Waals surface area contributed by atoms with Crippen LogP contribution in [0.4, 0.5) is 4.39 Å². The van der Waals surface area contributed by atoms with Crippen molar-refractivity contribution in [3.05, 3.63) is 35.6 Å². The van der Waals surface area contributed by atoms with Crippen LogP contribution in [0.1, 0.15) is 18.4 Å². The fourth-order valence-corrected chi connectivity index (χ4v) is 1.96. The third-order valence-corrected chi connectivity index (χ3v) is 2.96. The van der Waals surface area contributed by atoms with Gasteiger partial charge in [-0.3, -0.25) is 0 Å². The van der Waals surface area contributed by atoms with E-state index in [1.54, 1.807) is 12.1 Å². The highest BCUT2D eigenvalue weighted by Crippen LogP contribution is 2.22. The molecule has 1 aromatic carbocycles. The molecule has 2 rings (SSSR count). The second-order valence-corrected chi connectivity index (χ2v) is 4.28. The molecule has 16 heavy (non-hydrogen) atoms. The topological polar surface area (TPSA) is 35.2 Å². The molecule has 0 spiro atoms. The van der Waals surface area contributed by atoms with E-state index in [-0.39, 0.29) is 23.8 Å². The Balaban J connectivity index is 0.00000128. The lowest BCUT2D eigenvalue weighted by Crippen LogP contribution is -2.46. The molecule has 0 aromatic heterocycles. The molecule has 2 N–H and O–H groups in total. The van der Waals surface area contributed by atoms with E-state index in [4.69, 9.17) is 10.5 Å². The molecule has 1 saturated heterocycles. The summed E-state index contributed by atoms with van der Waals surface area (Å²) in [6.45, 7) is 1.47. The Hall–Kier alpha value is -0.640. The van der Waals surface area contributed by atoms with Crippen LogP contribution in [0.2, 0.25) is 0 Å². The first-order valence-electron chi connectivity index (χ1n) is 5.29. The minimum atomic E-state index is -0.197. The minimum absolute atomic E-state index is 0. The van der Waals surface area contributed by atoms with Crippen molar-refractivity contribution in [1.29, 1.82) is 0 Å². The Kier molecular flexibility index (Phi) is 4.71. The Morgan fingerprint density at radius 2 is 1.75 bits per heavy atom. The molecule has 1 heterocycles. The van der Waals surface area contributed by atoms with Crippen LogP contribution < -0.4 is 5.73 Å². The molecule has 90 valence electrons. The van der Waals surface area contributed by atoms with Gasteiger partial charge in [-0.2, -0.15) is 0 Å². The fraction of sp³-hybridized carbons (Fsp3) is 0.500. The second-order valence-electron chi connectivity index (χ2n) is 4.28. The highest BCUT2D eigenvalue weighted by molar-refractivity contribution is 5.85. The molecule has 0 amide bonds.